The minimum absolute atomic E-state index is 0.00408. The Balaban J connectivity index is 1.59. The van der Waals surface area contributed by atoms with Crippen LogP contribution < -0.4 is 5.32 Å². The smallest absolute Gasteiger partial charge is 0.338 e. The molecule has 1 aromatic heterocycles. The van der Waals surface area contributed by atoms with Crippen LogP contribution in [-0.2, 0) is 16.7 Å². The Bertz CT molecular complexity index is 1050. The molecule has 0 spiro atoms. The van der Waals surface area contributed by atoms with Crippen molar-refractivity contribution in [2.75, 3.05) is 5.32 Å². The van der Waals surface area contributed by atoms with Gasteiger partial charge in [0.1, 0.15) is 0 Å². The van der Waals surface area contributed by atoms with Crippen LogP contribution in [0.1, 0.15) is 18.4 Å². The molecule has 0 radical (unpaired) electrons. The summed E-state index contributed by atoms with van der Waals surface area (Å²) in [6.45, 7) is 1.59. The maximum absolute atomic E-state index is 13.2. The molecule has 3 aromatic rings. The first-order valence-electron chi connectivity index (χ1n) is 8.51. The van der Waals surface area contributed by atoms with Gasteiger partial charge in [0.25, 0.3) is 0 Å². The van der Waals surface area contributed by atoms with Gasteiger partial charge in [-0.3, -0.25) is 4.79 Å². The quantitative estimate of drug-likeness (QED) is 0.524. The van der Waals surface area contributed by atoms with Gasteiger partial charge in [-0.05, 0) is 31.2 Å². The molecule has 0 bridgehead atoms. The monoisotopic (exact) mass is 443 g/mol. The van der Waals surface area contributed by atoms with Crippen molar-refractivity contribution < 1.29 is 31.3 Å². The summed E-state index contributed by atoms with van der Waals surface area (Å²) in [4.78, 5) is 16.2. The summed E-state index contributed by atoms with van der Waals surface area (Å²) in [5, 5.41) is 5.52. The number of rotatable bonds is 6. The molecule has 30 heavy (non-hydrogen) atoms. The van der Waals surface area contributed by atoms with Gasteiger partial charge in [0.05, 0.1) is 16.6 Å². The number of halogens is 5. The second-order valence-corrected chi connectivity index (χ2v) is 7.49. The van der Waals surface area contributed by atoms with Crippen molar-refractivity contribution in [3.8, 4) is 11.4 Å². The van der Waals surface area contributed by atoms with Crippen LogP contribution in [0.25, 0.3) is 11.4 Å². The molecule has 5 nitrogen and oxygen atoms in total. The summed E-state index contributed by atoms with van der Waals surface area (Å²) >= 11 is 1.12. The van der Waals surface area contributed by atoms with E-state index in [1.165, 1.54) is 18.2 Å². The summed E-state index contributed by atoms with van der Waals surface area (Å²) in [5.41, 5.74) is -0.576. The van der Waals surface area contributed by atoms with Crippen LogP contribution in [0.2, 0.25) is 0 Å². The highest BCUT2D eigenvalue weighted by molar-refractivity contribution is 7.99. The van der Waals surface area contributed by atoms with Gasteiger partial charge in [0, 0.05) is 17.3 Å². The highest BCUT2D eigenvalue weighted by Gasteiger charge is 2.30. The fraction of sp³-hybridized carbons (Fsp3) is 0.211. The molecule has 0 aliphatic heterocycles. The van der Waals surface area contributed by atoms with Gasteiger partial charge in [-0.25, -0.2) is 8.78 Å². The molecule has 0 aliphatic rings. The first kappa shape index (κ1) is 21.8. The topological polar surface area (TPSA) is 68.0 Å². The van der Waals surface area contributed by atoms with Gasteiger partial charge >= 0.3 is 6.18 Å². The maximum Gasteiger partial charge on any atom is 0.416 e. The zero-order valence-electron chi connectivity index (χ0n) is 15.3. The number of nitrogens with zero attached hydrogens (tertiary/aromatic N) is 2. The second kappa shape index (κ2) is 8.82. The number of hydrogen-bond donors (Lipinski definition) is 1. The number of carbonyl (C=O) groups excluding carboxylic acids is 1. The predicted molar refractivity (Wildman–Crippen MR) is 100 cm³/mol. The van der Waals surface area contributed by atoms with Gasteiger partial charge in [0.15, 0.2) is 11.6 Å². The third-order valence-corrected chi connectivity index (χ3v) is 5.06. The summed E-state index contributed by atoms with van der Waals surface area (Å²) < 4.78 is 69.7. The van der Waals surface area contributed by atoms with Crippen molar-refractivity contribution in [1.82, 2.24) is 10.1 Å². The van der Waals surface area contributed by atoms with Crippen LogP contribution in [-0.4, -0.2) is 21.3 Å². The average molecular weight is 443 g/mol. The van der Waals surface area contributed by atoms with Crippen molar-refractivity contribution >= 4 is 23.4 Å². The van der Waals surface area contributed by atoms with Gasteiger partial charge in [-0.1, -0.05) is 17.3 Å². The Morgan fingerprint density at radius 1 is 1.17 bits per heavy atom. The van der Waals surface area contributed by atoms with Gasteiger partial charge in [0.2, 0.25) is 17.6 Å². The van der Waals surface area contributed by atoms with E-state index in [2.05, 4.69) is 15.5 Å². The molecule has 1 heterocycles. The molecular weight excluding hydrogens is 429 g/mol. The van der Waals surface area contributed by atoms with Crippen molar-refractivity contribution in [1.29, 1.82) is 0 Å². The summed E-state index contributed by atoms with van der Waals surface area (Å²) in [6.07, 6.45) is -4.49. The highest BCUT2D eigenvalue weighted by atomic mass is 32.2. The zero-order valence-corrected chi connectivity index (χ0v) is 16.2. The lowest BCUT2D eigenvalue weighted by atomic mass is 10.1. The molecule has 1 unspecified atom stereocenters. The Morgan fingerprint density at radius 3 is 2.63 bits per heavy atom. The van der Waals surface area contributed by atoms with E-state index in [0.29, 0.717) is 0 Å². The van der Waals surface area contributed by atoms with E-state index < -0.39 is 34.5 Å². The fourth-order valence-corrected chi connectivity index (χ4v) is 3.08. The lowest BCUT2D eigenvalue weighted by molar-refractivity contribution is -0.137. The number of benzene rings is 2. The van der Waals surface area contributed by atoms with Crippen LogP contribution >= 0.6 is 11.8 Å². The predicted octanol–water partition coefficient (Wildman–Crippen LogP) is 5.29. The Hall–Kier alpha value is -2.95. The Kier molecular flexibility index (Phi) is 6.40. The number of aromatic nitrogens is 2. The average Bonchev–Trinajstić information content (AvgIpc) is 3.17. The maximum atomic E-state index is 13.2. The highest BCUT2D eigenvalue weighted by Crippen LogP contribution is 2.31. The van der Waals surface area contributed by atoms with E-state index in [9.17, 15) is 26.7 Å². The summed E-state index contributed by atoms with van der Waals surface area (Å²) in [5.74, 6) is -2.32. The molecule has 0 saturated heterocycles. The third-order valence-electron chi connectivity index (χ3n) is 3.93. The largest absolute Gasteiger partial charge is 0.416 e. The van der Waals surface area contributed by atoms with E-state index in [1.807, 2.05) is 0 Å². The van der Waals surface area contributed by atoms with Crippen molar-refractivity contribution in [2.24, 2.45) is 0 Å². The van der Waals surface area contributed by atoms with E-state index in [1.54, 1.807) is 6.92 Å². The van der Waals surface area contributed by atoms with Crippen molar-refractivity contribution in [3.05, 3.63) is 65.6 Å². The lowest BCUT2D eigenvalue weighted by Crippen LogP contribution is -2.22. The van der Waals surface area contributed by atoms with E-state index in [0.717, 1.165) is 36.0 Å². The number of amides is 1. The SMILES string of the molecule is CC(SCc1nc(-c2cccc(C(F)(F)F)c2)no1)C(=O)Nc1ccc(F)c(F)c1. The number of hydrogen-bond acceptors (Lipinski definition) is 5. The summed E-state index contributed by atoms with van der Waals surface area (Å²) in [6, 6.07) is 7.52. The first-order valence-corrected chi connectivity index (χ1v) is 9.56. The van der Waals surface area contributed by atoms with Crippen molar-refractivity contribution in [3.63, 3.8) is 0 Å². The van der Waals surface area contributed by atoms with Crippen LogP contribution in [0.5, 0.6) is 0 Å². The zero-order chi connectivity index (χ0) is 21.9. The molecule has 3 rings (SSSR count). The number of anilines is 1. The molecule has 158 valence electrons. The molecular formula is C19H14F5N3O2S. The van der Waals surface area contributed by atoms with Gasteiger partial charge < -0.3 is 9.84 Å². The minimum atomic E-state index is -4.49. The van der Waals surface area contributed by atoms with Crippen LogP contribution in [0.15, 0.2) is 47.0 Å². The van der Waals surface area contributed by atoms with E-state index in [-0.39, 0.29) is 28.7 Å². The number of alkyl halides is 3. The minimum Gasteiger partial charge on any atom is -0.338 e. The molecule has 1 atom stereocenters. The molecule has 0 saturated carbocycles. The van der Waals surface area contributed by atoms with Crippen molar-refractivity contribution in [2.45, 2.75) is 24.1 Å². The normalized spacial score (nSPS) is 12.6. The van der Waals surface area contributed by atoms with Gasteiger partial charge in [-0.2, -0.15) is 18.2 Å². The fourth-order valence-electron chi connectivity index (χ4n) is 2.36. The Labute approximate surface area is 171 Å². The summed E-state index contributed by atoms with van der Waals surface area (Å²) in [7, 11) is 0. The number of thioether (sulfide) groups is 1. The molecule has 1 N–H and O–H groups in total. The molecule has 0 aliphatic carbocycles. The molecule has 11 heteroatoms. The molecule has 2 aromatic carbocycles. The second-order valence-electron chi connectivity index (χ2n) is 6.16. The van der Waals surface area contributed by atoms with E-state index >= 15 is 0 Å². The lowest BCUT2D eigenvalue weighted by Gasteiger charge is -2.11. The number of nitrogens with one attached hydrogen (secondary N) is 1. The van der Waals surface area contributed by atoms with E-state index in [4.69, 9.17) is 4.52 Å². The van der Waals surface area contributed by atoms with Crippen LogP contribution in [0.4, 0.5) is 27.6 Å². The molecule has 0 fully saturated rings. The third kappa shape index (κ3) is 5.35. The number of carbonyl (C=O) groups is 1. The Morgan fingerprint density at radius 2 is 1.93 bits per heavy atom. The first-order chi connectivity index (χ1) is 14.1. The molecule has 1 amide bonds. The van der Waals surface area contributed by atoms with Gasteiger partial charge in [-0.15, -0.1) is 11.8 Å². The standard InChI is InChI=1S/C19H14F5N3O2S/c1-10(18(28)25-13-5-6-14(20)15(21)8-13)30-9-16-26-17(27-29-16)11-3-2-4-12(7-11)19(22,23)24/h2-8,10H,9H2,1H3,(H,25,28). The van der Waals surface area contributed by atoms with Crippen LogP contribution in [0.3, 0.4) is 0 Å². The van der Waals surface area contributed by atoms with Crippen LogP contribution in [0, 0.1) is 11.6 Å².